The van der Waals surface area contributed by atoms with Crippen LogP contribution in [0, 0.1) is 20.8 Å². The molecule has 3 aromatic rings. The smallest absolute Gasteiger partial charge is 0.271 e. The van der Waals surface area contributed by atoms with E-state index in [4.69, 9.17) is 9.26 Å². The highest BCUT2D eigenvalue weighted by atomic mass is 32.2. The lowest BCUT2D eigenvalue weighted by Gasteiger charge is -2.11. The van der Waals surface area contributed by atoms with Gasteiger partial charge in [-0.3, -0.25) is 4.72 Å². The number of thiophene rings is 1. The van der Waals surface area contributed by atoms with Crippen LogP contribution in [-0.2, 0) is 10.0 Å². The zero-order valence-electron chi connectivity index (χ0n) is 14.3. The van der Waals surface area contributed by atoms with Crippen molar-refractivity contribution in [3.63, 3.8) is 0 Å². The van der Waals surface area contributed by atoms with E-state index in [9.17, 15) is 8.42 Å². The highest BCUT2D eigenvalue weighted by molar-refractivity contribution is 7.94. The van der Waals surface area contributed by atoms with Crippen molar-refractivity contribution in [3.8, 4) is 16.4 Å². The Bertz CT molecular complexity index is 1020. The summed E-state index contributed by atoms with van der Waals surface area (Å²) in [6, 6.07) is 8.60. The molecule has 0 amide bonds. The first-order valence-electron chi connectivity index (χ1n) is 7.52. The molecule has 0 saturated heterocycles. The second-order valence-electron chi connectivity index (χ2n) is 5.65. The molecule has 132 valence electrons. The highest BCUT2D eigenvalue weighted by Gasteiger charge is 2.21. The molecule has 0 fully saturated rings. The first-order chi connectivity index (χ1) is 11.8. The summed E-state index contributed by atoms with van der Waals surface area (Å²) in [7, 11) is -2.23. The molecule has 25 heavy (non-hydrogen) atoms. The molecule has 3 rings (SSSR count). The molecule has 0 aliphatic carbocycles. The second-order valence-corrected chi connectivity index (χ2v) is 8.64. The van der Waals surface area contributed by atoms with Crippen LogP contribution in [0.2, 0.25) is 0 Å². The fourth-order valence-electron chi connectivity index (χ4n) is 2.33. The first kappa shape index (κ1) is 17.5. The van der Waals surface area contributed by atoms with Crippen molar-refractivity contribution in [2.75, 3.05) is 11.8 Å². The number of hydrogen-bond acceptors (Lipinski definition) is 6. The Morgan fingerprint density at radius 3 is 2.56 bits per heavy atom. The van der Waals surface area contributed by atoms with Crippen LogP contribution in [0.3, 0.4) is 0 Å². The number of rotatable bonds is 5. The Kier molecular flexibility index (Phi) is 4.57. The van der Waals surface area contributed by atoms with Crippen molar-refractivity contribution in [3.05, 3.63) is 47.2 Å². The topological polar surface area (TPSA) is 81.4 Å². The lowest BCUT2D eigenvalue weighted by atomic mass is 10.2. The SMILES string of the molecule is COc1ccc(C)cc1NS(=O)(=O)c1ccc(-c2onc(C)c2C)s1. The molecule has 0 bridgehead atoms. The fraction of sp³-hybridized carbons (Fsp3) is 0.235. The predicted molar refractivity (Wildman–Crippen MR) is 97.8 cm³/mol. The van der Waals surface area contributed by atoms with Crippen LogP contribution in [0.5, 0.6) is 5.75 Å². The van der Waals surface area contributed by atoms with Gasteiger partial charge in [-0.25, -0.2) is 8.42 Å². The van der Waals surface area contributed by atoms with Crippen LogP contribution in [0.4, 0.5) is 5.69 Å². The zero-order valence-corrected chi connectivity index (χ0v) is 15.9. The van der Waals surface area contributed by atoms with Gasteiger partial charge in [0.2, 0.25) is 0 Å². The quantitative estimate of drug-likeness (QED) is 0.722. The van der Waals surface area contributed by atoms with Gasteiger partial charge >= 0.3 is 0 Å². The van der Waals surface area contributed by atoms with Crippen LogP contribution in [0.25, 0.3) is 10.6 Å². The zero-order chi connectivity index (χ0) is 18.2. The van der Waals surface area contributed by atoms with E-state index in [1.807, 2.05) is 26.8 Å². The molecule has 2 aromatic heterocycles. The van der Waals surface area contributed by atoms with Crippen molar-refractivity contribution in [2.45, 2.75) is 25.0 Å². The van der Waals surface area contributed by atoms with Gasteiger partial charge in [-0.2, -0.15) is 0 Å². The summed E-state index contributed by atoms with van der Waals surface area (Å²) in [6.07, 6.45) is 0. The Morgan fingerprint density at radius 1 is 1.16 bits per heavy atom. The highest BCUT2D eigenvalue weighted by Crippen LogP contribution is 2.35. The molecular weight excluding hydrogens is 360 g/mol. The number of benzene rings is 1. The summed E-state index contributed by atoms with van der Waals surface area (Å²) in [5.41, 5.74) is 3.02. The molecular formula is C17H18N2O4S2. The number of aromatic nitrogens is 1. The average Bonchev–Trinajstić information content (AvgIpc) is 3.16. The summed E-state index contributed by atoms with van der Waals surface area (Å²) in [5.74, 6) is 1.06. The summed E-state index contributed by atoms with van der Waals surface area (Å²) in [4.78, 5) is 0.717. The molecule has 6 nitrogen and oxygen atoms in total. The molecule has 0 aliphatic heterocycles. The maximum Gasteiger partial charge on any atom is 0.271 e. The third kappa shape index (κ3) is 3.40. The number of methoxy groups -OCH3 is 1. The van der Waals surface area contributed by atoms with E-state index in [-0.39, 0.29) is 4.21 Å². The van der Waals surface area contributed by atoms with Gasteiger partial charge in [0.05, 0.1) is 23.4 Å². The minimum Gasteiger partial charge on any atom is -0.495 e. The van der Waals surface area contributed by atoms with Crippen molar-refractivity contribution >= 4 is 27.0 Å². The number of nitrogens with one attached hydrogen (secondary N) is 1. The van der Waals surface area contributed by atoms with Crippen LogP contribution in [-0.4, -0.2) is 20.7 Å². The van der Waals surface area contributed by atoms with Gasteiger partial charge in [-0.15, -0.1) is 11.3 Å². The van der Waals surface area contributed by atoms with E-state index < -0.39 is 10.0 Å². The van der Waals surface area contributed by atoms with Crippen LogP contribution < -0.4 is 9.46 Å². The van der Waals surface area contributed by atoms with Crippen molar-refractivity contribution in [1.29, 1.82) is 0 Å². The van der Waals surface area contributed by atoms with E-state index >= 15 is 0 Å². The summed E-state index contributed by atoms with van der Waals surface area (Å²) in [6.45, 7) is 5.62. The van der Waals surface area contributed by atoms with Crippen LogP contribution >= 0.6 is 11.3 Å². The van der Waals surface area contributed by atoms with Crippen LogP contribution in [0.1, 0.15) is 16.8 Å². The Balaban J connectivity index is 1.94. The molecule has 1 N–H and O–H groups in total. The molecule has 0 unspecified atom stereocenters. The van der Waals surface area contributed by atoms with E-state index in [1.54, 1.807) is 24.3 Å². The van der Waals surface area contributed by atoms with Gasteiger partial charge in [0.1, 0.15) is 9.96 Å². The number of sulfonamides is 1. The number of ether oxygens (including phenoxy) is 1. The number of hydrogen-bond donors (Lipinski definition) is 1. The molecule has 0 atom stereocenters. The first-order valence-corrected chi connectivity index (χ1v) is 9.82. The number of aryl methyl sites for hydroxylation is 2. The van der Waals surface area contributed by atoms with E-state index in [1.165, 1.54) is 7.11 Å². The monoisotopic (exact) mass is 378 g/mol. The third-order valence-electron chi connectivity index (χ3n) is 3.83. The minimum atomic E-state index is -3.73. The minimum absolute atomic E-state index is 0.194. The van der Waals surface area contributed by atoms with E-state index in [0.29, 0.717) is 17.2 Å². The van der Waals surface area contributed by atoms with Crippen molar-refractivity contribution in [1.82, 2.24) is 5.16 Å². The average molecular weight is 378 g/mol. The molecule has 0 radical (unpaired) electrons. The predicted octanol–water partition coefficient (Wildman–Crippen LogP) is 4.14. The Morgan fingerprint density at radius 2 is 1.92 bits per heavy atom. The van der Waals surface area contributed by atoms with E-state index in [2.05, 4.69) is 9.88 Å². The fourth-order valence-corrected chi connectivity index (χ4v) is 4.73. The molecule has 2 heterocycles. The van der Waals surface area contributed by atoms with Gasteiger partial charge in [0.25, 0.3) is 10.0 Å². The third-order valence-corrected chi connectivity index (χ3v) is 6.77. The lowest BCUT2D eigenvalue weighted by molar-refractivity contribution is 0.417. The van der Waals surface area contributed by atoms with E-state index in [0.717, 1.165) is 33.0 Å². The number of nitrogens with zero attached hydrogens (tertiary/aromatic N) is 1. The van der Waals surface area contributed by atoms with Gasteiger partial charge < -0.3 is 9.26 Å². The largest absolute Gasteiger partial charge is 0.495 e. The number of anilines is 1. The Labute approximate surface area is 150 Å². The summed E-state index contributed by atoms with van der Waals surface area (Å²) in [5, 5.41) is 3.91. The lowest BCUT2D eigenvalue weighted by Crippen LogP contribution is -2.12. The van der Waals surface area contributed by atoms with Gasteiger partial charge in [0.15, 0.2) is 5.76 Å². The second kappa shape index (κ2) is 6.53. The standard InChI is InChI=1S/C17H18N2O4S2/c1-10-5-6-14(22-4)13(9-10)19-25(20,21)16-8-7-15(24-16)17-11(2)12(3)18-23-17/h5-9,19H,1-4H3. The van der Waals surface area contributed by atoms with Crippen molar-refractivity contribution in [2.24, 2.45) is 0 Å². The summed E-state index contributed by atoms with van der Waals surface area (Å²) >= 11 is 1.13. The van der Waals surface area contributed by atoms with Gasteiger partial charge in [0, 0.05) is 5.56 Å². The maximum absolute atomic E-state index is 12.7. The Hall–Kier alpha value is -2.32. The summed E-state index contributed by atoms with van der Waals surface area (Å²) < 4.78 is 38.7. The molecule has 0 aliphatic rings. The molecule has 1 aromatic carbocycles. The van der Waals surface area contributed by atoms with Crippen molar-refractivity contribution < 1.29 is 17.7 Å². The normalized spacial score (nSPS) is 11.5. The van der Waals surface area contributed by atoms with Crippen LogP contribution in [0.15, 0.2) is 39.1 Å². The molecule has 8 heteroatoms. The molecule has 0 spiro atoms. The van der Waals surface area contributed by atoms with Gasteiger partial charge in [-0.05, 0) is 50.6 Å². The maximum atomic E-state index is 12.7. The molecule has 0 saturated carbocycles. The van der Waals surface area contributed by atoms with Gasteiger partial charge in [-0.1, -0.05) is 11.2 Å².